The summed E-state index contributed by atoms with van der Waals surface area (Å²) in [7, 11) is 1.68. The van der Waals surface area contributed by atoms with Gasteiger partial charge in [0.15, 0.2) is 5.84 Å². The van der Waals surface area contributed by atoms with E-state index in [0.29, 0.717) is 16.5 Å². The zero-order chi connectivity index (χ0) is 16.9. The van der Waals surface area contributed by atoms with Gasteiger partial charge in [-0.3, -0.25) is 14.7 Å². The molecule has 0 saturated heterocycles. The molecule has 0 spiro atoms. The first-order valence-electron chi connectivity index (χ1n) is 7.31. The third-order valence-electron chi connectivity index (χ3n) is 3.53. The zero-order valence-corrected chi connectivity index (χ0v) is 13.8. The van der Waals surface area contributed by atoms with Crippen molar-refractivity contribution >= 4 is 35.2 Å². The second kappa shape index (κ2) is 7.10. The van der Waals surface area contributed by atoms with Crippen LogP contribution in [0, 0.1) is 0 Å². The summed E-state index contributed by atoms with van der Waals surface area (Å²) in [6.07, 6.45) is 4.24. The van der Waals surface area contributed by atoms with Gasteiger partial charge in [-0.05, 0) is 36.4 Å². The molecule has 0 saturated carbocycles. The van der Waals surface area contributed by atoms with Crippen molar-refractivity contribution in [1.29, 1.82) is 0 Å². The molecular formula is C18H15ClN4O. The molecule has 2 aromatic carbocycles. The number of hydrogen-bond acceptors (Lipinski definition) is 3. The molecule has 3 aromatic rings. The van der Waals surface area contributed by atoms with Crippen LogP contribution in [0.15, 0.2) is 72.0 Å². The Morgan fingerprint density at radius 3 is 2.62 bits per heavy atom. The highest BCUT2D eigenvalue weighted by atomic mass is 35.5. The predicted molar refractivity (Wildman–Crippen MR) is 96.2 cm³/mol. The van der Waals surface area contributed by atoms with Crippen molar-refractivity contribution in [2.75, 3.05) is 11.9 Å². The monoisotopic (exact) mass is 338 g/mol. The SMILES string of the molecule is CN=C(c1ccc(Cl)cc1N(C=O)c1ccccc1)n1cccn1. The Labute approximate surface area is 144 Å². The van der Waals surface area contributed by atoms with E-state index >= 15 is 0 Å². The van der Waals surface area contributed by atoms with Crippen LogP contribution in [0.3, 0.4) is 0 Å². The van der Waals surface area contributed by atoms with Gasteiger partial charge in [0, 0.05) is 35.7 Å². The van der Waals surface area contributed by atoms with Crippen LogP contribution < -0.4 is 4.90 Å². The van der Waals surface area contributed by atoms with Gasteiger partial charge in [-0.2, -0.15) is 5.10 Å². The largest absolute Gasteiger partial charge is 0.283 e. The molecule has 5 nitrogen and oxygen atoms in total. The lowest BCUT2D eigenvalue weighted by molar-refractivity contribution is -0.106. The lowest BCUT2D eigenvalue weighted by atomic mass is 10.1. The van der Waals surface area contributed by atoms with Crippen molar-refractivity contribution < 1.29 is 4.79 Å². The molecule has 0 aliphatic carbocycles. The average molecular weight is 339 g/mol. The molecule has 6 heteroatoms. The Kier molecular flexibility index (Phi) is 4.72. The quantitative estimate of drug-likeness (QED) is 0.413. The molecule has 24 heavy (non-hydrogen) atoms. The van der Waals surface area contributed by atoms with Gasteiger partial charge in [0.1, 0.15) is 0 Å². The maximum Gasteiger partial charge on any atom is 0.218 e. The van der Waals surface area contributed by atoms with Gasteiger partial charge in [-0.15, -0.1) is 0 Å². The van der Waals surface area contributed by atoms with E-state index in [1.807, 2.05) is 42.5 Å². The number of benzene rings is 2. The topological polar surface area (TPSA) is 50.5 Å². The summed E-state index contributed by atoms with van der Waals surface area (Å²) in [6.45, 7) is 0. The number of halogens is 1. The first kappa shape index (κ1) is 16.0. The minimum Gasteiger partial charge on any atom is -0.283 e. The molecule has 1 aromatic heterocycles. The third-order valence-corrected chi connectivity index (χ3v) is 3.77. The molecule has 0 unspecified atom stereocenters. The van der Waals surface area contributed by atoms with Gasteiger partial charge in [-0.1, -0.05) is 29.8 Å². The highest BCUT2D eigenvalue weighted by Crippen LogP contribution is 2.30. The molecule has 1 amide bonds. The van der Waals surface area contributed by atoms with Crippen LogP contribution in [-0.2, 0) is 4.79 Å². The van der Waals surface area contributed by atoms with Crippen LogP contribution in [0.1, 0.15) is 5.56 Å². The molecule has 0 aliphatic heterocycles. The number of aliphatic imine (C=N–C) groups is 1. The van der Waals surface area contributed by atoms with E-state index in [0.717, 1.165) is 17.7 Å². The van der Waals surface area contributed by atoms with Crippen molar-refractivity contribution in [2.45, 2.75) is 0 Å². The smallest absolute Gasteiger partial charge is 0.218 e. The summed E-state index contributed by atoms with van der Waals surface area (Å²) in [5, 5.41) is 4.77. The number of nitrogens with zero attached hydrogens (tertiary/aromatic N) is 4. The van der Waals surface area contributed by atoms with Gasteiger partial charge in [0.05, 0.1) is 5.69 Å². The van der Waals surface area contributed by atoms with E-state index < -0.39 is 0 Å². The van der Waals surface area contributed by atoms with Crippen molar-refractivity contribution in [3.63, 3.8) is 0 Å². The number of para-hydroxylation sites is 1. The number of amides is 1. The van der Waals surface area contributed by atoms with E-state index in [1.165, 1.54) is 4.90 Å². The molecular weight excluding hydrogens is 324 g/mol. The maximum atomic E-state index is 11.8. The number of anilines is 2. The fraction of sp³-hybridized carbons (Fsp3) is 0.0556. The highest BCUT2D eigenvalue weighted by molar-refractivity contribution is 6.31. The highest BCUT2D eigenvalue weighted by Gasteiger charge is 2.18. The minimum absolute atomic E-state index is 0.535. The number of rotatable bonds is 4. The van der Waals surface area contributed by atoms with Gasteiger partial charge >= 0.3 is 0 Å². The van der Waals surface area contributed by atoms with Crippen LogP contribution in [-0.4, -0.2) is 29.1 Å². The number of carbonyl (C=O) groups is 1. The van der Waals surface area contributed by atoms with Gasteiger partial charge in [0.2, 0.25) is 6.41 Å². The zero-order valence-electron chi connectivity index (χ0n) is 13.0. The van der Waals surface area contributed by atoms with Gasteiger partial charge in [-0.25, -0.2) is 4.68 Å². The third kappa shape index (κ3) is 3.07. The molecule has 0 radical (unpaired) electrons. The second-order valence-electron chi connectivity index (χ2n) is 4.97. The van der Waals surface area contributed by atoms with Crippen LogP contribution in [0.2, 0.25) is 5.02 Å². The first-order valence-corrected chi connectivity index (χ1v) is 7.68. The molecule has 3 rings (SSSR count). The number of hydrogen-bond donors (Lipinski definition) is 0. The standard InChI is InChI=1S/C18H15ClN4O/c1-20-18(23-11-5-10-21-23)16-9-8-14(19)12-17(16)22(13-24)15-6-3-2-4-7-15/h2-13H,1H3. The number of aromatic nitrogens is 2. The van der Waals surface area contributed by atoms with Gasteiger partial charge < -0.3 is 0 Å². The summed E-state index contributed by atoms with van der Waals surface area (Å²) in [5.41, 5.74) is 2.13. The van der Waals surface area contributed by atoms with Crippen molar-refractivity contribution in [3.05, 3.63) is 77.6 Å². The predicted octanol–water partition coefficient (Wildman–Crippen LogP) is 3.76. The molecule has 120 valence electrons. The molecule has 0 bridgehead atoms. The summed E-state index contributed by atoms with van der Waals surface area (Å²) in [5.74, 6) is 0.620. The molecule has 0 fully saturated rings. The summed E-state index contributed by atoms with van der Waals surface area (Å²) in [4.78, 5) is 17.7. The Morgan fingerprint density at radius 2 is 2.00 bits per heavy atom. The summed E-state index contributed by atoms with van der Waals surface area (Å²) < 4.78 is 1.65. The lowest BCUT2D eigenvalue weighted by Gasteiger charge is -2.22. The molecule has 0 aliphatic rings. The van der Waals surface area contributed by atoms with Crippen LogP contribution >= 0.6 is 11.6 Å². The van der Waals surface area contributed by atoms with E-state index in [4.69, 9.17) is 11.6 Å². The fourth-order valence-electron chi connectivity index (χ4n) is 2.48. The molecule has 0 N–H and O–H groups in total. The Bertz CT molecular complexity index is 860. The van der Waals surface area contributed by atoms with E-state index in [1.54, 1.807) is 36.3 Å². The maximum absolute atomic E-state index is 11.8. The average Bonchev–Trinajstić information content (AvgIpc) is 3.13. The van der Waals surface area contributed by atoms with Crippen LogP contribution in [0.5, 0.6) is 0 Å². The van der Waals surface area contributed by atoms with Crippen molar-refractivity contribution in [1.82, 2.24) is 9.78 Å². The minimum atomic E-state index is 0.535. The van der Waals surface area contributed by atoms with E-state index in [2.05, 4.69) is 10.1 Å². The normalized spacial score (nSPS) is 11.3. The Hall–Kier alpha value is -2.92. The fourth-order valence-corrected chi connectivity index (χ4v) is 2.65. The summed E-state index contributed by atoms with van der Waals surface area (Å²) in [6, 6.07) is 16.5. The van der Waals surface area contributed by atoms with Crippen molar-refractivity contribution in [2.24, 2.45) is 4.99 Å². The van der Waals surface area contributed by atoms with E-state index in [-0.39, 0.29) is 0 Å². The van der Waals surface area contributed by atoms with Crippen molar-refractivity contribution in [3.8, 4) is 0 Å². The van der Waals surface area contributed by atoms with E-state index in [9.17, 15) is 4.79 Å². The molecule has 0 atom stereocenters. The van der Waals surface area contributed by atoms with Crippen LogP contribution in [0.25, 0.3) is 0 Å². The second-order valence-corrected chi connectivity index (χ2v) is 5.41. The Balaban J connectivity index is 2.17. The lowest BCUT2D eigenvalue weighted by Crippen LogP contribution is -2.21. The Morgan fingerprint density at radius 1 is 1.21 bits per heavy atom. The number of carbonyl (C=O) groups excluding carboxylic acids is 1. The van der Waals surface area contributed by atoms with Crippen LogP contribution in [0.4, 0.5) is 11.4 Å². The molecule has 1 heterocycles. The van der Waals surface area contributed by atoms with Gasteiger partial charge in [0.25, 0.3) is 0 Å². The summed E-state index contributed by atoms with van der Waals surface area (Å²) >= 11 is 6.17. The first-order chi connectivity index (χ1) is 11.7.